The Morgan fingerprint density at radius 1 is 0.963 bits per heavy atom. The molecule has 0 saturated heterocycles. The molecule has 0 radical (unpaired) electrons. The number of benzene rings is 3. The zero-order chi connectivity index (χ0) is 19.2. The first-order chi connectivity index (χ1) is 13.0. The second-order valence-electron chi connectivity index (χ2n) is 6.52. The smallest absolute Gasteiger partial charge is 0.234 e. The fraction of sp³-hybridized carbons (Fsp3) is 0.174. The second-order valence-corrected chi connectivity index (χ2v) is 8.05. The predicted molar refractivity (Wildman–Crippen MR) is 117 cm³/mol. The molecule has 3 aromatic carbocycles. The van der Waals surface area contributed by atoms with E-state index in [9.17, 15) is 4.79 Å². The van der Waals surface area contributed by atoms with Gasteiger partial charge in [-0.05, 0) is 48.7 Å². The summed E-state index contributed by atoms with van der Waals surface area (Å²) >= 11 is 7.65. The number of carbonyl (C=O) groups excluding carboxylic acids is 1. The molecule has 0 spiro atoms. The van der Waals surface area contributed by atoms with Crippen molar-refractivity contribution >= 4 is 35.0 Å². The Labute approximate surface area is 170 Å². The lowest BCUT2D eigenvalue weighted by Gasteiger charge is -2.18. The highest BCUT2D eigenvalue weighted by Gasteiger charge is 2.17. The molecule has 3 rings (SSSR count). The van der Waals surface area contributed by atoms with Gasteiger partial charge in [0.15, 0.2) is 0 Å². The van der Waals surface area contributed by atoms with E-state index in [-0.39, 0.29) is 11.2 Å². The summed E-state index contributed by atoms with van der Waals surface area (Å²) in [5.41, 5.74) is 5.44. The van der Waals surface area contributed by atoms with Gasteiger partial charge < -0.3 is 5.32 Å². The number of nitrogens with one attached hydrogen (secondary N) is 1. The number of amides is 1. The van der Waals surface area contributed by atoms with Gasteiger partial charge >= 0.3 is 0 Å². The van der Waals surface area contributed by atoms with E-state index in [0.717, 1.165) is 16.8 Å². The zero-order valence-electron chi connectivity index (χ0n) is 15.4. The Hall–Kier alpha value is -2.23. The molecule has 1 atom stereocenters. The van der Waals surface area contributed by atoms with Crippen molar-refractivity contribution in [2.24, 2.45) is 0 Å². The molecule has 0 heterocycles. The van der Waals surface area contributed by atoms with Gasteiger partial charge in [-0.2, -0.15) is 0 Å². The van der Waals surface area contributed by atoms with Crippen LogP contribution in [0.5, 0.6) is 0 Å². The average molecular weight is 396 g/mol. The van der Waals surface area contributed by atoms with Crippen LogP contribution in [-0.4, -0.2) is 11.7 Å². The van der Waals surface area contributed by atoms with E-state index in [1.165, 1.54) is 11.1 Å². The quantitative estimate of drug-likeness (QED) is 0.521. The minimum absolute atomic E-state index is 0.00171. The highest BCUT2D eigenvalue weighted by molar-refractivity contribution is 8.00. The van der Waals surface area contributed by atoms with Gasteiger partial charge in [0, 0.05) is 10.7 Å². The standard InChI is InChI=1S/C23H22ClNOS/c1-16-8-13-21(17(2)14-16)25-22(26)15-27-23(18-6-4-3-5-7-18)19-9-11-20(24)12-10-19/h3-14,23H,15H2,1-2H3,(H,25,26)/t23-/m0/s1. The van der Waals surface area contributed by atoms with Crippen LogP contribution in [0.1, 0.15) is 27.5 Å². The molecule has 0 fully saturated rings. The molecule has 0 aromatic heterocycles. The molecule has 1 amide bonds. The summed E-state index contributed by atoms with van der Waals surface area (Å²) < 4.78 is 0. The van der Waals surface area contributed by atoms with Crippen molar-refractivity contribution in [2.75, 3.05) is 11.1 Å². The van der Waals surface area contributed by atoms with Gasteiger partial charge in [-0.3, -0.25) is 4.79 Å². The van der Waals surface area contributed by atoms with Crippen LogP contribution in [0.15, 0.2) is 72.8 Å². The van der Waals surface area contributed by atoms with Crippen LogP contribution in [0, 0.1) is 13.8 Å². The first kappa shape index (κ1) is 19.5. The summed E-state index contributed by atoms with van der Waals surface area (Å²) in [6.07, 6.45) is 0. The van der Waals surface area contributed by atoms with E-state index < -0.39 is 0 Å². The fourth-order valence-corrected chi connectivity index (χ4v) is 4.16. The van der Waals surface area contributed by atoms with Crippen molar-refractivity contribution in [1.29, 1.82) is 0 Å². The van der Waals surface area contributed by atoms with Crippen molar-refractivity contribution < 1.29 is 4.79 Å². The normalized spacial score (nSPS) is 11.8. The molecule has 0 aliphatic heterocycles. The van der Waals surface area contributed by atoms with Crippen LogP contribution in [-0.2, 0) is 4.79 Å². The highest BCUT2D eigenvalue weighted by Crippen LogP contribution is 2.36. The van der Waals surface area contributed by atoms with E-state index in [1.54, 1.807) is 11.8 Å². The Morgan fingerprint density at radius 3 is 2.30 bits per heavy atom. The lowest BCUT2D eigenvalue weighted by atomic mass is 10.0. The number of rotatable bonds is 6. The van der Waals surface area contributed by atoms with Crippen LogP contribution in [0.25, 0.3) is 0 Å². The molecule has 4 heteroatoms. The third-order valence-electron chi connectivity index (χ3n) is 4.31. The van der Waals surface area contributed by atoms with Crippen LogP contribution < -0.4 is 5.32 Å². The molecule has 2 nitrogen and oxygen atoms in total. The van der Waals surface area contributed by atoms with Crippen LogP contribution in [0.2, 0.25) is 5.02 Å². The third-order valence-corrected chi connectivity index (χ3v) is 5.87. The summed E-state index contributed by atoms with van der Waals surface area (Å²) in [4.78, 5) is 12.5. The van der Waals surface area contributed by atoms with Crippen molar-refractivity contribution in [3.8, 4) is 0 Å². The van der Waals surface area contributed by atoms with Crippen molar-refractivity contribution in [3.63, 3.8) is 0 Å². The first-order valence-electron chi connectivity index (χ1n) is 8.82. The maximum Gasteiger partial charge on any atom is 0.234 e. The van der Waals surface area contributed by atoms with Crippen LogP contribution in [0.4, 0.5) is 5.69 Å². The Kier molecular flexibility index (Phi) is 6.59. The van der Waals surface area contributed by atoms with Gasteiger partial charge in [0.1, 0.15) is 0 Å². The number of hydrogen-bond donors (Lipinski definition) is 1. The second kappa shape index (κ2) is 9.12. The van der Waals surface area contributed by atoms with Crippen molar-refractivity contribution in [3.05, 3.63) is 100 Å². The zero-order valence-corrected chi connectivity index (χ0v) is 17.0. The Bertz CT molecular complexity index is 909. The molecule has 0 bridgehead atoms. The average Bonchev–Trinajstić information content (AvgIpc) is 2.66. The van der Waals surface area contributed by atoms with Crippen LogP contribution in [0.3, 0.4) is 0 Å². The van der Waals surface area contributed by atoms with E-state index in [0.29, 0.717) is 10.8 Å². The number of aryl methyl sites for hydroxylation is 2. The van der Waals surface area contributed by atoms with Gasteiger partial charge in [0.25, 0.3) is 0 Å². The molecule has 0 saturated carbocycles. The van der Waals surface area contributed by atoms with E-state index in [4.69, 9.17) is 11.6 Å². The van der Waals surface area contributed by atoms with Crippen molar-refractivity contribution in [2.45, 2.75) is 19.1 Å². The predicted octanol–water partition coefficient (Wildman–Crippen LogP) is 6.42. The Balaban J connectivity index is 1.72. The molecule has 27 heavy (non-hydrogen) atoms. The SMILES string of the molecule is Cc1ccc(NC(=O)CS[C@@H](c2ccccc2)c2ccc(Cl)cc2)c(C)c1. The maximum absolute atomic E-state index is 12.5. The molecule has 1 N–H and O–H groups in total. The van der Waals surface area contributed by atoms with Crippen LogP contribution >= 0.6 is 23.4 Å². The van der Waals surface area contributed by atoms with Gasteiger partial charge in [-0.15, -0.1) is 11.8 Å². The lowest BCUT2D eigenvalue weighted by molar-refractivity contribution is -0.113. The van der Waals surface area contributed by atoms with E-state index in [2.05, 4.69) is 23.5 Å². The van der Waals surface area contributed by atoms with Gasteiger partial charge in [-0.1, -0.05) is 71.8 Å². The maximum atomic E-state index is 12.5. The molecule has 0 aliphatic rings. The van der Waals surface area contributed by atoms with Crippen molar-refractivity contribution in [1.82, 2.24) is 0 Å². The third kappa shape index (κ3) is 5.38. The molecule has 0 unspecified atom stereocenters. The lowest BCUT2D eigenvalue weighted by Crippen LogP contribution is -2.16. The van der Waals surface area contributed by atoms with E-state index in [1.807, 2.05) is 68.4 Å². The molecular formula is C23H22ClNOS. The summed E-state index contributed by atoms with van der Waals surface area (Å²) in [6, 6.07) is 24.1. The monoisotopic (exact) mass is 395 g/mol. The minimum atomic E-state index is 0.00171. The fourth-order valence-electron chi connectivity index (χ4n) is 2.95. The summed E-state index contributed by atoms with van der Waals surface area (Å²) in [6.45, 7) is 4.06. The van der Waals surface area contributed by atoms with Gasteiger partial charge in [-0.25, -0.2) is 0 Å². The summed E-state index contributed by atoms with van der Waals surface area (Å²) in [7, 11) is 0. The largest absolute Gasteiger partial charge is 0.325 e. The number of thioether (sulfide) groups is 1. The number of halogens is 1. The van der Waals surface area contributed by atoms with E-state index >= 15 is 0 Å². The summed E-state index contributed by atoms with van der Waals surface area (Å²) in [5.74, 6) is 0.372. The summed E-state index contributed by atoms with van der Waals surface area (Å²) in [5, 5.41) is 3.81. The number of anilines is 1. The minimum Gasteiger partial charge on any atom is -0.325 e. The molecule has 138 valence electrons. The topological polar surface area (TPSA) is 29.1 Å². The van der Waals surface area contributed by atoms with Gasteiger partial charge in [0.05, 0.1) is 11.0 Å². The molecular weight excluding hydrogens is 374 g/mol. The molecule has 3 aromatic rings. The Morgan fingerprint density at radius 2 is 1.63 bits per heavy atom. The molecule has 0 aliphatic carbocycles. The van der Waals surface area contributed by atoms with Gasteiger partial charge in [0.2, 0.25) is 5.91 Å². The first-order valence-corrected chi connectivity index (χ1v) is 10.2. The number of hydrogen-bond acceptors (Lipinski definition) is 2. The number of carbonyl (C=O) groups is 1. The highest BCUT2D eigenvalue weighted by atomic mass is 35.5.